The van der Waals surface area contributed by atoms with Crippen molar-refractivity contribution in [3.63, 3.8) is 0 Å². The number of pyridine rings is 1. The number of nitrogens with one attached hydrogen (secondary N) is 1. The van der Waals surface area contributed by atoms with Crippen LogP contribution in [0.1, 0.15) is 30.6 Å². The Bertz CT molecular complexity index is 477. The smallest absolute Gasteiger partial charge is 0.328 e. The van der Waals surface area contributed by atoms with E-state index in [9.17, 15) is 9.59 Å². The van der Waals surface area contributed by atoms with Crippen molar-refractivity contribution in [3.8, 4) is 0 Å². The molecule has 1 aromatic heterocycles. The first kappa shape index (κ1) is 16.5. The Morgan fingerprint density at radius 2 is 2.15 bits per heavy atom. The summed E-state index contributed by atoms with van der Waals surface area (Å²) in [6.07, 6.45) is 4.02. The van der Waals surface area contributed by atoms with Gasteiger partial charge < -0.3 is 10.1 Å². The number of hydrogen-bond donors (Lipinski definition) is 1. The maximum absolute atomic E-state index is 12.3. The van der Waals surface area contributed by atoms with Crippen LogP contribution in [-0.2, 0) is 9.53 Å². The molecule has 0 fully saturated rings. The number of ether oxygens (including phenoxy) is 1. The summed E-state index contributed by atoms with van der Waals surface area (Å²) < 4.78 is 4.73. The highest BCUT2D eigenvalue weighted by Crippen LogP contribution is 2.17. The molecule has 0 aliphatic heterocycles. The molecule has 1 atom stereocenters. The van der Waals surface area contributed by atoms with Gasteiger partial charge in [-0.15, -0.1) is 11.8 Å². The third-order valence-corrected chi connectivity index (χ3v) is 3.42. The van der Waals surface area contributed by atoms with Crippen molar-refractivity contribution in [1.29, 1.82) is 0 Å². The van der Waals surface area contributed by atoms with E-state index in [-0.39, 0.29) is 11.8 Å². The van der Waals surface area contributed by atoms with Gasteiger partial charge in [-0.3, -0.25) is 4.79 Å². The fraction of sp³-hybridized carbons (Fsp3) is 0.500. The monoisotopic (exact) mass is 296 g/mol. The largest absolute Gasteiger partial charge is 0.467 e. The Hall–Kier alpha value is -1.56. The van der Waals surface area contributed by atoms with Crippen LogP contribution in [0.25, 0.3) is 0 Å². The van der Waals surface area contributed by atoms with E-state index in [0.717, 1.165) is 0 Å². The highest BCUT2D eigenvalue weighted by atomic mass is 32.2. The van der Waals surface area contributed by atoms with Gasteiger partial charge in [0.25, 0.3) is 5.91 Å². The van der Waals surface area contributed by atoms with Gasteiger partial charge in [0.05, 0.1) is 12.7 Å². The highest BCUT2D eigenvalue weighted by molar-refractivity contribution is 7.98. The average molecular weight is 296 g/mol. The zero-order chi connectivity index (χ0) is 15.1. The number of nitrogens with zero attached hydrogens (tertiary/aromatic N) is 1. The molecule has 1 N–H and O–H groups in total. The van der Waals surface area contributed by atoms with Crippen molar-refractivity contribution >= 4 is 23.6 Å². The van der Waals surface area contributed by atoms with Crippen molar-refractivity contribution in [3.05, 3.63) is 23.9 Å². The molecule has 0 bridgehead atoms. The summed E-state index contributed by atoms with van der Waals surface area (Å²) in [5.74, 6) is -0.464. The quantitative estimate of drug-likeness (QED) is 0.643. The van der Waals surface area contributed by atoms with Gasteiger partial charge in [-0.25, -0.2) is 9.78 Å². The summed E-state index contributed by atoms with van der Waals surface area (Å²) in [4.78, 5) is 28.1. The number of carbonyl (C=O) groups excluding carboxylic acids is 2. The lowest BCUT2D eigenvalue weighted by Crippen LogP contribution is -2.42. The number of amides is 1. The predicted octanol–water partition coefficient (Wildman–Crippen LogP) is 2.12. The van der Waals surface area contributed by atoms with Gasteiger partial charge >= 0.3 is 5.97 Å². The Kier molecular flexibility index (Phi) is 6.51. The van der Waals surface area contributed by atoms with Crippen LogP contribution in [0.3, 0.4) is 0 Å². The molecule has 1 rings (SSSR count). The van der Waals surface area contributed by atoms with E-state index in [1.807, 2.05) is 20.1 Å². The van der Waals surface area contributed by atoms with Gasteiger partial charge in [0.15, 0.2) is 0 Å². The lowest BCUT2D eigenvalue weighted by Gasteiger charge is -2.18. The number of carbonyl (C=O) groups is 2. The third-order valence-electron chi connectivity index (χ3n) is 2.71. The van der Waals surface area contributed by atoms with E-state index < -0.39 is 12.0 Å². The van der Waals surface area contributed by atoms with Crippen molar-refractivity contribution in [2.75, 3.05) is 13.4 Å². The molecule has 0 radical (unpaired) electrons. The molecule has 1 heterocycles. The predicted molar refractivity (Wildman–Crippen MR) is 78.7 cm³/mol. The molecule has 1 aromatic rings. The Labute approximate surface area is 123 Å². The topological polar surface area (TPSA) is 68.3 Å². The molecule has 6 heteroatoms. The second-order valence-corrected chi connectivity index (χ2v) is 5.53. The summed E-state index contributed by atoms with van der Waals surface area (Å²) in [6.45, 7) is 3.97. The minimum Gasteiger partial charge on any atom is -0.467 e. The van der Waals surface area contributed by atoms with Crippen LogP contribution in [0.15, 0.2) is 23.4 Å². The first-order valence-corrected chi connectivity index (χ1v) is 7.59. The van der Waals surface area contributed by atoms with Crippen molar-refractivity contribution in [2.45, 2.75) is 31.3 Å². The van der Waals surface area contributed by atoms with Gasteiger partial charge in [-0.1, -0.05) is 13.8 Å². The fourth-order valence-corrected chi connectivity index (χ4v) is 2.34. The first-order valence-electron chi connectivity index (χ1n) is 6.37. The third kappa shape index (κ3) is 4.52. The first-order chi connectivity index (χ1) is 9.49. The molecule has 0 aliphatic rings. The number of thioether (sulfide) groups is 1. The molecule has 0 saturated carbocycles. The van der Waals surface area contributed by atoms with E-state index in [1.165, 1.54) is 18.9 Å². The highest BCUT2D eigenvalue weighted by Gasteiger charge is 2.24. The fourth-order valence-electron chi connectivity index (χ4n) is 1.79. The van der Waals surface area contributed by atoms with Crippen LogP contribution in [0.2, 0.25) is 0 Å². The van der Waals surface area contributed by atoms with Crippen LogP contribution >= 0.6 is 11.8 Å². The maximum atomic E-state index is 12.3. The summed E-state index contributed by atoms with van der Waals surface area (Å²) in [6, 6.07) is 2.75. The zero-order valence-corrected chi connectivity index (χ0v) is 13.0. The van der Waals surface area contributed by atoms with Crippen molar-refractivity contribution in [2.24, 2.45) is 5.92 Å². The standard InChI is InChI=1S/C14H20N2O3S/c1-9(2)8-11(14(18)19-3)16-12(17)10-6-5-7-15-13(10)20-4/h5-7,9,11H,8H2,1-4H3,(H,16,17). The van der Waals surface area contributed by atoms with Crippen LogP contribution in [0.5, 0.6) is 0 Å². The van der Waals surface area contributed by atoms with E-state index >= 15 is 0 Å². The average Bonchev–Trinajstić information content (AvgIpc) is 2.45. The molecule has 0 spiro atoms. The normalized spacial score (nSPS) is 12.1. The molecule has 0 aliphatic carbocycles. The minimum atomic E-state index is -0.637. The minimum absolute atomic E-state index is 0.272. The Balaban J connectivity index is 2.87. The molecular formula is C14H20N2O3S. The SMILES string of the molecule is COC(=O)C(CC(C)C)NC(=O)c1cccnc1SC. The van der Waals surface area contributed by atoms with Gasteiger partial charge in [-0.2, -0.15) is 0 Å². The summed E-state index contributed by atoms with van der Waals surface area (Å²) in [7, 11) is 1.32. The Morgan fingerprint density at radius 1 is 1.45 bits per heavy atom. The van der Waals surface area contributed by atoms with Crippen LogP contribution in [0, 0.1) is 5.92 Å². The molecule has 1 unspecified atom stereocenters. The van der Waals surface area contributed by atoms with Crippen molar-refractivity contribution < 1.29 is 14.3 Å². The molecule has 20 heavy (non-hydrogen) atoms. The summed E-state index contributed by atoms with van der Waals surface area (Å²) in [5.41, 5.74) is 0.470. The van der Waals surface area contributed by atoms with Crippen molar-refractivity contribution in [1.82, 2.24) is 10.3 Å². The number of esters is 1. The van der Waals surface area contributed by atoms with Gasteiger partial charge in [0.1, 0.15) is 11.1 Å². The molecule has 1 amide bonds. The van der Waals surface area contributed by atoms with E-state index in [2.05, 4.69) is 10.3 Å². The molecule has 110 valence electrons. The lowest BCUT2D eigenvalue weighted by molar-refractivity contribution is -0.143. The second-order valence-electron chi connectivity index (χ2n) is 4.74. The van der Waals surface area contributed by atoms with Crippen LogP contribution in [-0.4, -0.2) is 36.3 Å². The van der Waals surface area contributed by atoms with Gasteiger partial charge in [0.2, 0.25) is 0 Å². The van der Waals surface area contributed by atoms with Crippen LogP contribution in [0.4, 0.5) is 0 Å². The number of methoxy groups -OCH3 is 1. The second kappa shape index (κ2) is 7.89. The van der Waals surface area contributed by atoms with Gasteiger partial charge in [0, 0.05) is 6.20 Å². The Morgan fingerprint density at radius 3 is 2.70 bits per heavy atom. The molecular weight excluding hydrogens is 276 g/mol. The maximum Gasteiger partial charge on any atom is 0.328 e. The molecule has 0 saturated heterocycles. The van der Waals surface area contributed by atoms with Crippen LogP contribution < -0.4 is 5.32 Å². The summed E-state index contributed by atoms with van der Waals surface area (Å²) >= 11 is 1.39. The number of aromatic nitrogens is 1. The van der Waals surface area contributed by atoms with E-state index in [1.54, 1.807) is 18.3 Å². The molecule has 0 aromatic carbocycles. The van der Waals surface area contributed by atoms with Gasteiger partial charge in [-0.05, 0) is 30.7 Å². The number of hydrogen-bond acceptors (Lipinski definition) is 5. The van der Waals surface area contributed by atoms with E-state index in [4.69, 9.17) is 4.74 Å². The zero-order valence-electron chi connectivity index (χ0n) is 12.2. The summed E-state index contributed by atoms with van der Waals surface area (Å²) in [5, 5.41) is 3.36. The van der Waals surface area contributed by atoms with E-state index in [0.29, 0.717) is 17.0 Å². The lowest BCUT2D eigenvalue weighted by atomic mass is 10.0. The number of rotatable bonds is 6. The molecule has 5 nitrogen and oxygen atoms in total.